The fourth-order valence-electron chi connectivity index (χ4n) is 1.16. The minimum atomic E-state index is -0.480. The van der Waals surface area contributed by atoms with Crippen LogP contribution in [0.2, 0.25) is 0 Å². The van der Waals surface area contributed by atoms with Gasteiger partial charge in [0.15, 0.2) is 0 Å². The molecule has 0 aromatic carbocycles. The molecule has 4 nitrogen and oxygen atoms in total. The van der Waals surface area contributed by atoms with Gasteiger partial charge in [0.25, 0.3) is 0 Å². The maximum atomic E-state index is 11.1. The van der Waals surface area contributed by atoms with Crippen molar-refractivity contribution in [2.24, 2.45) is 0 Å². The lowest BCUT2D eigenvalue weighted by Gasteiger charge is -2.07. The van der Waals surface area contributed by atoms with Crippen LogP contribution in [0.1, 0.15) is 36.3 Å². The highest BCUT2D eigenvalue weighted by molar-refractivity contribution is 5.86. The number of methoxy groups -OCH3 is 1. The van der Waals surface area contributed by atoms with E-state index in [2.05, 4.69) is 4.74 Å². The number of carbonyl (C=O) groups is 1. The molecular weight excluding hydrogens is 208 g/mol. The molecule has 0 saturated carbocycles. The zero-order valence-corrected chi connectivity index (χ0v) is 9.73. The Labute approximate surface area is 94.8 Å². The second-order valence-corrected chi connectivity index (χ2v) is 3.24. The van der Waals surface area contributed by atoms with Crippen molar-refractivity contribution in [3.05, 3.63) is 35.8 Å². The molecule has 1 unspecified atom stereocenters. The van der Waals surface area contributed by atoms with E-state index in [4.69, 9.17) is 9.15 Å². The lowest BCUT2D eigenvalue weighted by molar-refractivity contribution is 0.0525. The third-order valence-corrected chi connectivity index (χ3v) is 2.09. The molecule has 0 radical (unpaired) electrons. The number of esters is 1. The molecule has 1 aromatic rings. The summed E-state index contributed by atoms with van der Waals surface area (Å²) in [5.74, 6) is 0.329. The summed E-state index contributed by atoms with van der Waals surface area (Å²) >= 11 is 0. The first kappa shape index (κ1) is 12.5. The van der Waals surface area contributed by atoms with Crippen LogP contribution in [0, 0.1) is 0 Å². The van der Waals surface area contributed by atoms with Gasteiger partial charge in [0.05, 0.1) is 13.7 Å². The van der Waals surface area contributed by atoms with Crippen LogP contribution >= 0.6 is 0 Å². The maximum Gasteiger partial charge on any atom is 0.373 e. The van der Waals surface area contributed by atoms with Crippen LogP contribution in [0.4, 0.5) is 0 Å². The zero-order valence-electron chi connectivity index (χ0n) is 9.73. The summed E-state index contributed by atoms with van der Waals surface area (Å²) in [6, 6.07) is 3.29. The molecule has 0 bridgehead atoms. The molecule has 0 N–H and O–H groups in total. The highest BCUT2D eigenvalue weighted by Crippen LogP contribution is 2.19. The fraction of sp³-hybridized carbons (Fsp3) is 0.417. The summed E-state index contributed by atoms with van der Waals surface area (Å²) < 4.78 is 15.3. The van der Waals surface area contributed by atoms with Crippen molar-refractivity contribution in [3.63, 3.8) is 0 Å². The molecule has 0 aliphatic heterocycles. The second kappa shape index (κ2) is 6.12. The van der Waals surface area contributed by atoms with Gasteiger partial charge in [-0.3, -0.25) is 0 Å². The molecule has 0 aliphatic rings. The van der Waals surface area contributed by atoms with E-state index in [1.807, 2.05) is 26.0 Å². The first-order chi connectivity index (χ1) is 7.69. The van der Waals surface area contributed by atoms with Gasteiger partial charge in [0.2, 0.25) is 5.76 Å². The van der Waals surface area contributed by atoms with Crippen LogP contribution in [0.5, 0.6) is 0 Å². The first-order valence-corrected chi connectivity index (χ1v) is 5.09. The van der Waals surface area contributed by atoms with Gasteiger partial charge in [0.1, 0.15) is 11.9 Å². The van der Waals surface area contributed by atoms with Crippen LogP contribution in [0.25, 0.3) is 0 Å². The van der Waals surface area contributed by atoms with Crippen molar-refractivity contribution < 1.29 is 18.7 Å². The number of hydrogen-bond acceptors (Lipinski definition) is 4. The Morgan fingerprint density at radius 3 is 2.94 bits per heavy atom. The molecule has 1 heterocycles. The molecule has 4 heteroatoms. The quantitative estimate of drug-likeness (QED) is 0.570. The number of carbonyl (C=O) groups excluding carboxylic acids is 1. The van der Waals surface area contributed by atoms with E-state index in [1.165, 1.54) is 7.11 Å². The van der Waals surface area contributed by atoms with E-state index in [-0.39, 0.29) is 11.9 Å². The van der Waals surface area contributed by atoms with Crippen molar-refractivity contribution in [2.45, 2.75) is 20.0 Å². The summed E-state index contributed by atoms with van der Waals surface area (Å²) in [4.78, 5) is 11.1. The van der Waals surface area contributed by atoms with Crippen molar-refractivity contribution in [3.8, 4) is 0 Å². The molecular formula is C12H16O4. The topological polar surface area (TPSA) is 48.7 Å². The lowest BCUT2D eigenvalue weighted by atomic mass is 10.3. The Morgan fingerprint density at radius 2 is 2.31 bits per heavy atom. The fourth-order valence-corrected chi connectivity index (χ4v) is 1.16. The molecule has 88 valence electrons. The van der Waals surface area contributed by atoms with Crippen LogP contribution in [-0.2, 0) is 9.47 Å². The average Bonchev–Trinajstić information content (AvgIpc) is 2.77. The minimum absolute atomic E-state index is 0.186. The van der Waals surface area contributed by atoms with Gasteiger partial charge in [-0.2, -0.15) is 0 Å². The normalized spacial score (nSPS) is 12.9. The largest absolute Gasteiger partial charge is 0.463 e. The Bertz CT molecular complexity index is 365. The summed E-state index contributed by atoms with van der Waals surface area (Å²) in [6.07, 6.45) is 3.63. The number of rotatable bonds is 5. The molecule has 0 spiro atoms. The number of allylic oxidation sites excluding steroid dienone is 1. The van der Waals surface area contributed by atoms with E-state index >= 15 is 0 Å². The van der Waals surface area contributed by atoms with E-state index in [0.29, 0.717) is 12.4 Å². The number of hydrogen-bond donors (Lipinski definition) is 0. The minimum Gasteiger partial charge on any atom is -0.463 e. The Hall–Kier alpha value is -1.55. The summed E-state index contributed by atoms with van der Waals surface area (Å²) in [5.41, 5.74) is 0. The van der Waals surface area contributed by atoms with Crippen LogP contribution in [0.15, 0.2) is 28.7 Å². The van der Waals surface area contributed by atoms with Crippen LogP contribution in [-0.4, -0.2) is 19.7 Å². The molecule has 0 fully saturated rings. The van der Waals surface area contributed by atoms with E-state index < -0.39 is 5.97 Å². The second-order valence-electron chi connectivity index (χ2n) is 3.24. The molecule has 1 aromatic heterocycles. The van der Waals surface area contributed by atoms with Gasteiger partial charge >= 0.3 is 5.97 Å². The monoisotopic (exact) mass is 224 g/mol. The Kier molecular flexibility index (Phi) is 4.79. The van der Waals surface area contributed by atoms with E-state index in [9.17, 15) is 4.79 Å². The van der Waals surface area contributed by atoms with Crippen molar-refractivity contribution >= 4 is 5.97 Å². The summed E-state index contributed by atoms with van der Waals surface area (Å²) in [7, 11) is 1.32. The molecule has 0 amide bonds. The zero-order chi connectivity index (χ0) is 12.0. The van der Waals surface area contributed by atoms with Crippen LogP contribution < -0.4 is 0 Å². The van der Waals surface area contributed by atoms with E-state index in [0.717, 1.165) is 0 Å². The molecule has 0 saturated heterocycles. The van der Waals surface area contributed by atoms with Gasteiger partial charge in [-0.1, -0.05) is 12.2 Å². The SMILES string of the molecule is CC=CCOC(C)c1ccc(C(=O)OC)o1. The van der Waals surface area contributed by atoms with Crippen LogP contribution in [0.3, 0.4) is 0 Å². The molecule has 0 aliphatic carbocycles. The van der Waals surface area contributed by atoms with Crippen molar-refractivity contribution in [1.29, 1.82) is 0 Å². The molecule has 1 atom stereocenters. The predicted molar refractivity (Wildman–Crippen MR) is 59.2 cm³/mol. The van der Waals surface area contributed by atoms with Crippen molar-refractivity contribution in [2.75, 3.05) is 13.7 Å². The third-order valence-electron chi connectivity index (χ3n) is 2.09. The maximum absolute atomic E-state index is 11.1. The highest BCUT2D eigenvalue weighted by atomic mass is 16.5. The van der Waals surface area contributed by atoms with E-state index in [1.54, 1.807) is 12.1 Å². The number of furan rings is 1. The van der Waals surface area contributed by atoms with Crippen molar-refractivity contribution in [1.82, 2.24) is 0 Å². The Morgan fingerprint density at radius 1 is 1.56 bits per heavy atom. The highest BCUT2D eigenvalue weighted by Gasteiger charge is 2.15. The molecule has 1 rings (SSSR count). The summed E-state index contributed by atoms with van der Waals surface area (Å²) in [6.45, 7) is 4.31. The summed E-state index contributed by atoms with van der Waals surface area (Å²) in [5, 5.41) is 0. The molecule has 16 heavy (non-hydrogen) atoms. The van der Waals surface area contributed by atoms with Gasteiger partial charge < -0.3 is 13.9 Å². The van der Waals surface area contributed by atoms with Gasteiger partial charge in [-0.25, -0.2) is 4.79 Å². The first-order valence-electron chi connectivity index (χ1n) is 5.09. The van der Waals surface area contributed by atoms with Gasteiger partial charge in [0, 0.05) is 0 Å². The third kappa shape index (κ3) is 3.24. The predicted octanol–water partition coefficient (Wildman–Crippen LogP) is 2.72. The number of ether oxygens (including phenoxy) is 2. The lowest BCUT2D eigenvalue weighted by Crippen LogP contribution is -2.00. The van der Waals surface area contributed by atoms with Gasteiger partial charge in [-0.05, 0) is 26.0 Å². The average molecular weight is 224 g/mol. The Balaban J connectivity index is 2.59. The standard InChI is InChI=1S/C12H16O4/c1-4-5-8-15-9(2)10-6-7-11(16-10)12(13)14-3/h4-7,9H,8H2,1-3H3. The van der Waals surface area contributed by atoms with Gasteiger partial charge in [-0.15, -0.1) is 0 Å². The smallest absolute Gasteiger partial charge is 0.373 e.